The van der Waals surface area contributed by atoms with Crippen molar-refractivity contribution in [3.05, 3.63) is 0 Å². The van der Waals surface area contributed by atoms with Gasteiger partial charge in [-0.25, -0.2) is 4.79 Å². The number of aliphatic hydroxyl groups excluding tert-OH is 8. The molecule has 2 aliphatic rings. The number of ether oxygens (including phenoxy) is 6. The Morgan fingerprint density at radius 3 is 1.77 bits per heavy atom. The fraction of sp³-hybridized carbons (Fsp3) is 0.921. The van der Waals surface area contributed by atoms with Gasteiger partial charge in [0.15, 0.2) is 24.8 Å². The summed E-state index contributed by atoms with van der Waals surface area (Å²) in [6, 6.07) is 0. The number of carbonyl (C=O) groups is 3. The summed E-state index contributed by atoms with van der Waals surface area (Å²) >= 11 is 0. The van der Waals surface area contributed by atoms with E-state index in [4.69, 9.17) is 33.5 Å². The molecule has 9 N–H and O–H groups in total. The van der Waals surface area contributed by atoms with Crippen LogP contribution < -0.4 is 0 Å². The lowest BCUT2D eigenvalue weighted by atomic mass is 9.96. The van der Waals surface area contributed by atoms with Crippen molar-refractivity contribution in [2.24, 2.45) is 0 Å². The molecule has 0 aromatic carbocycles. The Bertz CT molecular complexity index is 1100. The van der Waals surface area contributed by atoms with Crippen LogP contribution in [0.1, 0.15) is 123 Å². The first-order chi connectivity index (χ1) is 26.7. The smallest absolute Gasteiger partial charge is 0.332 e. The first-order valence-corrected chi connectivity index (χ1v) is 20.2. The molecule has 2 aliphatic heterocycles. The molecule has 13 atom stereocenters. The van der Waals surface area contributed by atoms with Crippen molar-refractivity contribution in [2.45, 2.75) is 203 Å². The molecule has 18 nitrogen and oxygen atoms in total. The third-order valence-corrected chi connectivity index (χ3v) is 10.0. The molecule has 2 rings (SSSR count). The summed E-state index contributed by atoms with van der Waals surface area (Å²) in [6.45, 7) is 1.60. The van der Waals surface area contributed by atoms with Crippen molar-refractivity contribution in [1.82, 2.24) is 0 Å². The van der Waals surface area contributed by atoms with E-state index in [1.54, 1.807) is 0 Å². The number of unbranched alkanes of at least 4 members (excludes halogenated alkanes) is 11. The molecule has 0 aromatic rings. The number of rotatable bonds is 29. The van der Waals surface area contributed by atoms with E-state index in [-0.39, 0.29) is 13.0 Å². The molecule has 0 spiro atoms. The van der Waals surface area contributed by atoms with E-state index >= 15 is 0 Å². The molecule has 2 heterocycles. The van der Waals surface area contributed by atoms with Crippen molar-refractivity contribution < 1.29 is 88.8 Å². The standard InChI is InChI=1S/C38H68O18/c1-3-4-13-16-24(41)19-29(44)55-35-31(46)30(45)27(20-39)53-38(35)56-34-28(22-51-23(2)40)54-37(33(48)32(34)47)52-21-25(42)17-14-11-9-7-5-6-8-10-12-15-18-26(43)36(49)50/h24-28,30-35,37-39,41-43,45-48H,3-22H2,1-2H3,(H,49,50)/t24-,25-,26-,27+,28+,30+,31-,32+,33+,34+,35+,37+,38-/m0/s1. The second-order valence-electron chi connectivity index (χ2n) is 14.9. The van der Waals surface area contributed by atoms with Gasteiger partial charge in [-0.1, -0.05) is 90.4 Å². The number of aliphatic hydroxyl groups is 8. The predicted molar refractivity (Wildman–Crippen MR) is 196 cm³/mol. The van der Waals surface area contributed by atoms with Crippen LogP contribution in [0.4, 0.5) is 0 Å². The summed E-state index contributed by atoms with van der Waals surface area (Å²) in [5.41, 5.74) is 0. The number of carboxylic acids is 1. The van der Waals surface area contributed by atoms with Gasteiger partial charge in [-0.15, -0.1) is 0 Å². The molecule has 0 bridgehead atoms. The number of carboxylic acid groups (broad SMARTS) is 1. The van der Waals surface area contributed by atoms with Gasteiger partial charge in [0.05, 0.1) is 31.8 Å². The highest BCUT2D eigenvalue weighted by Gasteiger charge is 2.52. The molecule has 56 heavy (non-hydrogen) atoms. The Kier molecular flexibility index (Phi) is 24.7. The van der Waals surface area contributed by atoms with E-state index in [0.29, 0.717) is 25.7 Å². The fourth-order valence-electron chi connectivity index (χ4n) is 6.66. The average Bonchev–Trinajstić information content (AvgIpc) is 3.15. The van der Waals surface area contributed by atoms with Crippen LogP contribution in [-0.2, 0) is 42.8 Å². The zero-order valence-corrected chi connectivity index (χ0v) is 32.8. The maximum Gasteiger partial charge on any atom is 0.332 e. The number of aliphatic carboxylic acids is 1. The number of carbonyl (C=O) groups excluding carboxylic acids is 2. The van der Waals surface area contributed by atoms with Gasteiger partial charge >= 0.3 is 17.9 Å². The number of hydrogen-bond acceptors (Lipinski definition) is 17. The molecule has 0 aromatic heterocycles. The van der Waals surface area contributed by atoms with Gasteiger partial charge in [0, 0.05) is 6.92 Å². The van der Waals surface area contributed by atoms with Crippen molar-refractivity contribution in [1.29, 1.82) is 0 Å². The lowest BCUT2D eigenvalue weighted by molar-refractivity contribution is -0.361. The second kappa shape index (κ2) is 27.6. The topological polar surface area (TPSA) is 289 Å². The van der Waals surface area contributed by atoms with Crippen LogP contribution in [0.5, 0.6) is 0 Å². The lowest BCUT2D eigenvalue weighted by Gasteiger charge is -2.46. The highest BCUT2D eigenvalue weighted by molar-refractivity contribution is 5.71. The average molecular weight is 813 g/mol. The Morgan fingerprint density at radius 1 is 0.661 bits per heavy atom. The zero-order valence-electron chi connectivity index (χ0n) is 32.8. The maximum absolute atomic E-state index is 12.8. The molecule has 2 saturated heterocycles. The van der Waals surface area contributed by atoms with Gasteiger partial charge in [0.1, 0.15) is 49.3 Å². The molecule has 0 amide bonds. The third-order valence-electron chi connectivity index (χ3n) is 10.0. The van der Waals surface area contributed by atoms with E-state index in [1.807, 2.05) is 6.92 Å². The Hall–Kier alpha value is -2.07. The van der Waals surface area contributed by atoms with Crippen LogP contribution >= 0.6 is 0 Å². The van der Waals surface area contributed by atoms with Crippen LogP contribution in [0.3, 0.4) is 0 Å². The third kappa shape index (κ3) is 18.2. The first kappa shape index (κ1) is 50.1. The Labute approximate surface area is 329 Å². The summed E-state index contributed by atoms with van der Waals surface area (Å²) in [7, 11) is 0. The van der Waals surface area contributed by atoms with Crippen LogP contribution in [0.2, 0.25) is 0 Å². The molecule has 2 fully saturated rings. The van der Waals surface area contributed by atoms with Gasteiger partial charge in [0.25, 0.3) is 0 Å². The molecule has 328 valence electrons. The highest BCUT2D eigenvalue weighted by Crippen LogP contribution is 2.31. The van der Waals surface area contributed by atoms with Crippen molar-refractivity contribution in [2.75, 3.05) is 19.8 Å². The molecule has 0 unspecified atom stereocenters. The number of hydrogen-bond donors (Lipinski definition) is 9. The summed E-state index contributed by atoms with van der Waals surface area (Å²) in [6.07, 6.45) is -7.18. The minimum absolute atomic E-state index is 0.250. The zero-order chi connectivity index (χ0) is 41.6. The second-order valence-corrected chi connectivity index (χ2v) is 14.9. The van der Waals surface area contributed by atoms with E-state index < -0.39 is 117 Å². The first-order valence-electron chi connectivity index (χ1n) is 20.2. The largest absolute Gasteiger partial charge is 0.479 e. The highest BCUT2D eigenvalue weighted by atomic mass is 16.8. The van der Waals surface area contributed by atoms with Crippen LogP contribution in [0, 0.1) is 0 Å². The summed E-state index contributed by atoms with van der Waals surface area (Å²) in [5.74, 6) is -2.83. The fourth-order valence-corrected chi connectivity index (χ4v) is 6.66. The van der Waals surface area contributed by atoms with Gasteiger partial charge in [0.2, 0.25) is 0 Å². The molecular weight excluding hydrogens is 744 g/mol. The summed E-state index contributed by atoms with van der Waals surface area (Å²) in [5, 5.41) is 92.1. The van der Waals surface area contributed by atoms with E-state index in [0.717, 1.165) is 77.6 Å². The monoisotopic (exact) mass is 812 g/mol. The molecular formula is C38H68O18. The van der Waals surface area contributed by atoms with Crippen molar-refractivity contribution in [3.8, 4) is 0 Å². The normalized spacial score (nSPS) is 29.7. The lowest BCUT2D eigenvalue weighted by Crippen LogP contribution is -2.65. The quantitative estimate of drug-likeness (QED) is 0.0369. The van der Waals surface area contributed by atoms with Gasteiger partial charge < -0.3 is 74.4 Å². The Morgan fingerprint density at radius 2 is 1.20 bits per heavy atom. The van der Waals surface area contributed by atoms with Crippen LogP contribution in [-0.4, -0.2) is 163 Å². The Balaban J connectivity index is 1.89. The summed E-state index contributed by atoms with van der Waals surface area (Å²) < 4.78 is 33.5. The minimum Gasteiger partial charge on any atom is -0.479 e. The summed E-state index contributed by atoms with van der Waals surface area (Å²) in [4.78, 5) is 35.1. The van der Waals surface area contributed by atoms with E-state index in [1.165, 1.54) is 0 Å². The maximum atomic E-state index is 12.8. The van der Waals surface area contributed by atoms with Crippen LogP contribution in [0.15, 0.2) is 0 Å². The molecule has 0 aliphatic carbocycles. The molecule has 0 saturated carbocycles. The van der Waals surface area contributed by atoms with Crippen molar-refractivity contribution in [3.63, 3.8) is 0 Å². The predicted octanol–water partition coefficient (Wildman–Crippen LogP) is 0.568. The van der Waals surface area contributed by atoms with Gasteiger partial charge in [-0.3, -0.25) is 9.59 Å². The number of esters is 2. The van der Waals surface area contributed by atoms with E-state index in [9.17, 15) is 55.2 Å². The van der Waals surface area contributed by atoms with Gasteiger partial charge in [-0.05, 0) is 19.3 Å². The van der Waals surface area contributed by atoms with Crippen molar-refractivity contribution >= 4 is 17.9 Å². The molecule has 0 radical (unpaired) electrons. The van der Waals surface area contributed by atoms with E-state index in [2.05, 4.69) is 0 Å². The SMILES string of the molecule is CCCCC[C@H](O)CC(=O)O[C@H]1[C@H](O[C@H]2[C@H](O)[C@@H](O)[C@H](OC[C@@H](O)CCCCCCCCCCCC[C@H](O)C(=O)O)O[C@@H]2COC(C)=O)O[C@H](CO)[C@@H](O)[C@@H]1O. The van der Waals surface area contributed by atoms with Crippen LogP contribution in [0.25, 0.3) is 0 Å². The van der Waals surface area contributed by atoms with Gasteiger partial charge in [-0.2, -0.15) is 0 Å². The molecule has 18 heteroatoms. The minimum atomic E-state index is -1.83.